The van der Waals surface area contributed by atoms with Crippen LogP contribution in [0.5, 0.6) is 0 Å². The van der Waals surface area contributed by atoms with Gasteiger partial charge < -0.3 is 10.5 Å². The highest BCUT2D eigenvalue weighted by atomic mass is 16.5. The maximum absolute atomic E-state index is 5.97. The molecule has 0 saturated carbocycles. The molecule has 0 spiro atoms. The van der Waals surface area contributed by atoms with Gasteiger partial charge in [-0.2, -0.15) is 0 Å². The maximum atomic E-state index is 5.97. The number of hydrogen-bond donors (Lipinski definition) is 1. The molecule has 2 N–H and O–H groups in total. The fourth-order valence-corrected chi connectivity index (χ4v) is 2.03. The summed E-state index contributed by atoms with van der Waals surface area (Å²) in [6, 6.07) is 20.5. The van der Waals surface area contributed by atoms with Crippen LogP contribution >= 0.6 is 0 Å². The van der Waals surface area contributed by atoms with Crippen LogP contribution in [0.1, 0.15) is 30.2 Å². The minimum absolute atomic E-state index is 0.307. The highest BCUT2D eigenvalue weighted by Crippen LogP contribution is 2.12. The Morgan fingerprint density at radius 2 is 1.47 bits per heavy atom. The van der Waals surface area contributed by atoms with Crippen molar-refractivity contribution in [1.29, 1.82) is 0 Å². The van der Waals surface area contributed by atoms with Gasteiger partial charge in [0.15, 0.2) is 0 Å². The Morgan fingerprint density at radius 3 is 2.16 bits per heavy atom. The van der Waals surface area contributed by atoms with Crippen LogP contribution in [-0.2, 0) is 11.2 Å². The molecule has 1 atom stereocenters. The summed E-state index contributed by atoms with van der Waals surface area (Å²) in [6.45, 7) is 0.711. The Labute approximate surface area is 115 Å². The number of rotatable bonds is 7. The van der Waals surface area contributed by atoms with Gasteiger partial charge in [0.25, 0.3) is 0 Å². The highest BCUT2D eigenvalue weighted by Gasteiger charge is 2.04. The van der Waals surface area contributed by atoms with E-state index in [0.717, 1.165) is 24.8 Å². The minimum Gasteiger partial charge on any atom is -0.359 e. The number of unbranched alkanes of at least 4 members (excludes halogenated alkanes) is 1. The van der Waals surface area contributed by atoms with Crippen molar-refractivity contribution in [2.45, 2.75) is 25.5 Å². The number of hydrogen-bond acceptors (Lipinski definition) is 2. The molecule has 0 aliphatic heterocycles. The lowest BCUT2D eigenvalue weighted by molar-refractivity contribution is 0.0547. The monoisotopic (exact) mass is 255 g/mol. The van der Waals surface area contributed by atoms with E-state index in [0.29, 0.717) is 6.61 Å². The van der Waals surface area contributed by atoms with Crippen molar-refractivity contribution < 1.29 is 4.74 Å². The van der Waals surface area contributed by atoms with Crippen LogP contribution in [-0.4, -0.2) is 6.61 Å². The molecule has 0 amide bonds. The summed E-state index contributed by atoms with van der Waals surface area (Å²) in [6.07, 6.45) is 2.96. The van der Waals surface area contributed by atoms with Gasteiger partial charge in [-0.05, 0) is 30.4 Å². The van der Waals surface area contributed by atoms with E-state index in [9.17, 15) is 0 Å². The fourth-order valence-electron chi connectivity index (χ4n) is 2.03. The van der Waals surface area contributed by atoms with Crippen LogP contribution in [0.25, 0.3) is 0 Å². The Balaban J connectivity index is 1.62. The minimum atomic E-state index is -0.307. The van der Waals surface area contributed by atoms with Gasteiger partial charge in [-0.15, -0.1) is 0 Å². The molecule has 0 fully saturated rings. The average Bonchev–Trinajstić information content (AvgIpc) is 2.49. The van der Waals surface area contributed by atoms with Gasteiger partial charge in [0.1, 0.15) is 6.23 Å². The topological polar surface area (TPSA) is 35.2 Å². The second-order valence-corrected chi connectivity index (χ2v) is 4.64. The third-order valence-corrected chi connectivity index (χ3v) is 3.13. The van der Waals surface area contributed by atoms with Crippen LogP contribution in [0.4, 0.5) is 0 Å². The van der Waals surface area contributed by atoms with E-state index in [2.05, 4.69) is 24.3 Å². The molecule has 2 rings (SSSR count). The summed E-state index contributed by atoms with van der Waals surface area (Å²) in [5.74, 6) is 0. The first-order valence-corrected chi connectivity index (χ1v) is 6.82. The molecule has 2 nitrogen and oxygen atoms in total. The molecular weight excluding hydrogens is 234 g/mol. The zero-order valence-electron chi connectivity index (χ0n) is 11.2. The van der Waals surface area contributed by atoms with E-state index in [4.69, 9.17) is 10.5 Å². The van der Waals surface area contributed by atoms with E-state index >= 15 is 0 Å². The average molecular weight is 255 g/mol. The molecule has 0 aliphatic carbocycles. The van der Waals surface area contributed by atoms with E-state index in [1.807, 2.05) is 36.4 Å². The summed E-state index contributed by atoms with van der Waals surface area (Å²) in [5.41, 5.74) is 8.38. The first-order chi connectivity index (χ1) is 9.36. The lowest BCUT2D eigenvalue weighted by Gasteiger charge is -2.13. The molecule has 0 aromatic heterocycles. The van der Waals surface area contributed by atoms with Gasteiger partial charge in [-0.1, -0.05) is 60.7 Å². The van der Waals surface area contributed by atoms with E-state index in [-0.39, 0.29) is 6.23 Å². The van der Waals surface area contributed by atoms with Crippen molar-refractivity contribution in [3.63, 3.8) is 0 Å². The summed E-state index contributed by atoms with van der Waals surface area (Å²) >= 11 is 0. The van der Waals surface area contributed by atoms with Crippen LogP contribution in [0.3, 0.4) is 0 Å². The van der Waals surface area contributed by atoms with Crippen molar-refractivity contribution in [3.8, 4) is 0 Å². The van der Waals surface area contributed by atoms with Crippen molar-refractivity contribution in [1.82, 2.24) is 0 Å². The molecule has 0 radical (unpaired) electrons. The Kier molecular flexibility index (Phi) is 5.60. The summed E-state index contributed by atoms with van der Waals surface area (Å²) in [7, 11) is 0. The van der Waals surface area contributed by atoms with E-state index in [1.165, 1.54) is 5.56 Å². The second-order valence-electron chi connectivity index (χ2n) is 4.64. The Hall–Kier alpha value is -1.64. The smallest absolute Gasteiger partial charge is 0.131 e. The van der Waals surface area contributed by atoms with E-state index in [1.54, 1.807) is 0 Å². The number of nitrogens with two attached hydrogens (primary N) is 1. The number of ether oxygens (including phenoxy) is 1. The number of aryl methyl sites for hydroxylation is 1. The zero-order valence-corrected chi connectivity index (χ0v) is 11.2. The highest BCUT2D eigenvalue weighted by molar-refractivity contribution is 5.16. The predicted molar refractivity (Wildman–Crippen MR) is 78.7 cm³/mol. The van der Waals surface area contributed by atoms with Crippen LogP contribution < -0.4 is 5.73 Å². The molecule has 2 aromatic carbocycles. The van der Waals surface area contributed by atoms with Crippen LogP contribution in [0.15, 0.2) is 60.7 Å². The molecule has 0 bridgehead atoms. The lowest BCUT2D eigenvalue weighted by atomic mass is 10.1. The molecule has 2 aromatic rings. The molecule has 2 heteroatoms. The molecule has 0 aliphatic rings. The molecule has 0 heterocycles. The largest absolute Gasteiger partial charge is 0.359 e. The van der Waals surface area contributed by atoms with Crippen LogP contribution in [0.2, 0.25) is 0 Å². The third-order valence-electron chi connectivity index (χ3n) is 3.13. The van der Waals surface area contributed by atoms with E-state index < -0.39 is 0 Å². The van der Waals surface area contributed by atoms with Gasteiger partial charge >= 0.3 is 0 Å². The first kappa shape index (κ1) is 13.8. The molecule has 100 valence electrons. The summed E-state index contributed by atoms with van der Waals surface area (Å²) < 4.78 is 5.64. The van der Waals surface area contributed by atoms with Crippen molar-refractivity contribution in [3.05, 3.63) is 71.8 Å². The molecule has 19 heavy (non-hydrogen) atoms. The second kappa shape index (κ2) is 7.72. The zero-order chi connectivity index (χ0) is 13.3. The number of benzene rings is 2. The van der Waals surface area contributed by atoms with Gasteiger partial charge in [-0.25, -0.2) is 0 Å². The molecule has 0 saturated heterocycles. The van der Waals surface area contributed by atoms with Gasteiger partial charge in [0, 0.05) is 6.61 Å². The summed E-state index contributed by atoms with van der Waals surface area (Å²) in [4.78, 5) is 0. The third kappa shape index (κ3) is 4.86. The normalized spacial score (nSPS) is 12.3. The predicted octanol–water partition coefficient (Wildman–Crippen LogP) is 3.68. The Bertz CT molecular complexity index is 455. The fraction of sp³-hybridized carbons (Fsp3) is 0.294. The van der Waals surface area contributed by atoms with Gasteiger partial charge in [-0.3, -0.25) is 0 Å². The standard InChI is InChI=1S/C17H21NO/c18-17(16-12-5-2-6-13-16)19-14-8-7-11-15-9-3-1-4-10-15/h1-6,9-10,12-13,17H,7-8,11,14,18H2. The molecular formula is C17H21NO. The molecule has 1 unspecified atom stereocenters. The van der Waals surface area contributed by atoms with Crippen molar-refractivity contribution in [2.24, 2.45) is 5.73 Å². The quantitative estimate of drug-likeness (QED) is 0.605. The first-order valence-electron chi connectivity index (χ1n) is 6.82. The Morgan fingerprint density at radius 1 is 0.842 bits per heavy atom. The lowest BCUT2D eigenvalue weighted by Crippen LogP contribution is -2.15. The van der Waals surface area contributed by atoms with Gasteiger partial charge in [0.2, 0.25) is 0 Å². The SMILES string of the molecule is NC(OCCCCc1ccccc1)c1ccccc1. The van der Waals surface area contributed by atoms with Crippen molar-refractivity contribution in [2.75, 3.05) is 6.61 Å². The summed E-state index contributed by atoms with van der Waals surface area (Å²) in [5, 5.41) is 0. The van der Waals surface area contributed by atoms with Crippen molar-refractivity contribution >= 4 is 0 Å². The maximum Gasteiger partial charge on any atom is 0.131 e. The van der Waals surface area contributed by atoms with Gasteiger partial charge in [0.05, 0.1) is 0 Å². The van der Waals surface area contributed by atoms with Crippen LogP contribution in [0, 0.1) is 0 Å².